The highest BCUT2D eigenvalue weighted by Crippen LogP contribution is 2.70. The molecule has 0 N–H and O–H groups in total. The highest BCUT2D eigenvalue weighted by molar-refractivity contribution is 7.72. The zero-order chi connectivity index (χ0) is 23.3. The molecule has 2 rings (SSSR count). The van der Waals surface area contributed by atoms with E-state index in [1.807, 2.05) is 0 Å². The summed E-state index contributed by atoms with van der Waals surface area (Å²) in [4.78, 5) is 0. The van der Waals surface area contributed by atoms with Crippen molar-refractivity contribution in [2.24, 2.45) is 0 Å². The number of rotatable bonds is 7. The molecule has 0 saturated carbocycles. The minimum atomic E-state index is -2.07. The predicted octanol–water partition coefficient (Wildman–Crippen LogP) is 8.93. The van der Waals surface area contributed by atoms with E-state index in [0.717, 1.165) is 11.1 Å². The first kappa shape index (κ1) is 26.1. The maximum atomic E-state index is 7.99. The topological polar surface area (TPSA) is 9.23 Å². The third-order valence-electron chi connectivity index (χ3n) is 9.18. The Bertz CT molecular complexity index is 684. The van der Waals surface area contributed by atoms with E-state index in [1.165, 1.54) is 5.56 Å². The van der Waals surface area contributed by atoms with E-state index >= 15 is 0 Å². The molecule has 0 radical (unpaired) electrons. The summed E-state index contributed by atoms with van der Waals surface area (Å²) in [6.07, 6.45) is 0. The third kappa shape index (κ3) is 2.92. The standard InChI is InChI=1S/C26H50OSi3/c1-19(2)28(20(3)4)26(13,25-17-15-14-16-18-25)27-29(21(5)6,22(7)8)30(28,23(9)10)24(11)12/h14-24H,1-13H3. The van der Waals surface area contributed by atoms with Crippen molar-refractivity contribution in [1.82, 2.24) is 0 Å². The van der Waals surface area contributed by atoms with Gasteiger partial charge in [-0.2, -0.15) is 0 Å². The van der Waals surface area contributed by atoms with Crippen LogP contribution >= 0.6 is 0 Å². The lowest BCUT2D eigenvalue weighted by Crippen LogP contribution is -2.81. The first-order chi connectivity index (χ1) is 13.7. The van der Waals surface area contributed by atoms with Crippen LogP contribution in [0.5, 0.6) is 0 Å². The van der Waals surface area contributed by atoms with Crippen molar-refractivity contribution in [3.05, 3.63) is 35.9 Å². The second-order valence-electron chi connectivity index (χ2n) is 12.0. The monoisotopic (exact) mass is 462 g/mol. The van der Waals surface area contributed by atoms with Gasteiger partial charge in [-0.3, -0.25) is 0 Å². The molecular weight excluding hydrogens is 413 g/mol. The van der Waals surface area contributed by atoms with Crippen molar-refractivity contribution in [1.29, 1.82) is 0 Å². The maximum absolute atomic E-state index is 7.99. The van der Waals surface area contributed by atoms with Crippen LogP contribution in [0.25, 0.3) is 0 Å². The summed E-state index contributed by atoms with van der Waals surface area (Å²) in [5, 5.41) is -0.0991. The zero-order valence-corrected chi connectivity index (χ0v) is 25.3. The van der Waals surface area contributed by atoms with E-state index in [0.29, 0.717) is 22.2 Å². The largest absolute Gasteiger partial charge is 0.413 e. The smallest absolute Gasteiger partial charge is 0.184 e. The van der Waals surface area contributed by atoms with Gasteiger partial charge < -0.3 is 4.43 Å². The van der Waals surface area contributed by atoms with Gasteiger partial charge in [-0.25, -0.2) is 0 Å². The van der Waals surface area contributed by atoms with Crippen molar-refractivity contribution < 1.29 is 4.43 Å². The summed E-state index contributed by atoms with van der Waals surface area (Å²) in [5.74, 6) is 0. The zero-order valence-electron chi connectivity index (χ0n) is 22.3. The van der Waals surface area contributed by atoms with E-state index in [1.54, 1.807) is 0 Å². The Balaban J connectivity index is 3.20. The van der Waals surface area contributed by atoms with E-state index in [4.69, 9.17) is 4.43 Å². The normalized spacial score (nSPS) is 25.4. The molecule has 0 amide bonds. The molecule has 1 aromatic carbocycles. The lowest BCUT2D eigenvalue weighted by molar-refractivity contribution is 0.156. The Labute approximate surface area is 191 Å². The quantitative estimate of drug-likeness (QED) is 0.367. The summed E-state index contributed by atoms with van der Waals surface area (Å²) in [7, 11) is -5.90. The Kier molecular flexibility index (Phi) is 7.52. The van der Waals surface area contributed by atoms with Crippen LogP contribution in [0.4, 0.5) is 0 Å². The van der Waals surface area contributed by atoms with E-state index < -0.39 is 22.5 Å². The molecule has 1 nitrogen and oxygen atoms in total. The van der Waals surface area contributed by atoms with Gasteiger partial charge in [-0.15, -0.1) is 0 Å². The van der Waals surface area contributed by atoms with E-state index in [-0.39, 0.29) is 5.22 Å². The van der Waals surface area contributed by atoms with Gasteiger partial charge in [0, 0.05) is 0 Å². The van der Waals surface area contributed by atoms with Crippen LogP contribution in [0.15, 0.2) is 30.3 Å². The summed E-state index contributed by atoms with van der Waals surface area (Å²) < 4.78 is 7.99. The lowest BCUT2D eigenvalue weighted by atomic mass is 10.1. The first-order valence-corrected chi connectivity index (χ1v) is 20.9. The summed E-state index contributed by atoms with van der Waals surface area (Å²) >= 11 is 0. The second kappa shape index (κ2) is 8.64. The Morgan fingerprint density at radius 1 is 0.600 bits per heavy atom. The van der Waals surface area contributed by atoms with E-state index in [2.05, 4.69) is 120 Å². The SMILES string of the molecule is CC(C)[Si]1(C(C)C)OC(C)(c2ccccc2)[Si](C(C)C)(C(C)C)[Si]1(C(C)C)C(C)C. The van der Waals surface area contributed by atoms with Crippen LogP contribution in [0, 0.1) is 0 Å². The third-order valence-corrected chi connectivity index (χ3v) is 56.3. The van der Waals surface area contributed by atoms with E-state index in [9.17, 15) is 0 Å². The fourth-order valence-corrected chi connectivity index (χ4v) is 75.9. The van der Waals surface area contributed by atoms with Gasteiger partial charge in [0.1, 0.15) is 0 Å². The van der Waals surface area contributed by atoms with Crippen LogP contribution in [0.2, 0.25) is 33.2 Å². The van der Waals surface area contributed by atoms with Crippen molar-refractivity contribution in [2.45, 2.75) is 128 Å². The van der Waals surface area contributed by atoms with Gasteiger partial charge in [0.15, 0.2) is 7.83 Å². The Morgan fingerprint density at radius 2 is 1.00 bits per heavy atom. The second-order valence-corrected chi connectivity index (χ2v) is 36.4. The minimum Gasteiger partial charge on any atom is -0.413 e. The number of hydrogen-bond acceptors (Lipinski definition) is 1. The molecule has 172 valence electrons. The van der Waals surface area contributed by atoms with Gasteiger partial charge in [-0.05, 0) is 34.7 Å². The summed E-state index contributed by atoms with van der Waals surface area (Å²) in [6.45, 7) is 33.4. The summed E-state index contributed by atoms with van der Waals surface area (Å²) in [5.41, 5.74) is 5.73. The molecule has 0 aliphatic carbocycles. The van der Waals surface area contributed by atoms with Crippen LogP contribution in [-0.4, -0.2) is 22.5 Å². The lowest BCUT2D eigenvalue weighted by Gasteiger charge is -2.61. The van der Waals surface area contributed by atoms with Gasteiger partial charge >= 0.3 is 0 Å². The number of benzene rings is 1. The van der Waals surface area contributed by atoms with Gasteiger partial charge in [0.25, 0.3) is 0 Å². The van der Waals surface area contributed by atoms with Crippen molar-refractivity contribution in [3.8, 4) is 0 Å². The van der Waals surface area contributed by atoms with Crippen molar-refractivity contribution >= 4 is 22.5 Å². The van der Waals surface area contributed by atoms with Gasteiger partial charge in [0.2, 0.25) is 0 Å². The molecule has 1 aliphatic rings. The Hall–Kier alpha value is -0.169. The molecule has 0 aromatic heterocycles. The Morgan fingerprint density at radius 3 is 1.30 bits per heavy atom. The van der Waals surface area contributed by atoms with Crippen molar-refractivity contribution in [2.75, 3.05) is 0 Å². The van der Waals surface area contributed by atoms with Crippen LogP contribution in [0.3, 0.4) is 0 Å². The molecule has 1 atom stereocenters. The predicted molar refractivity (Wildman–Crippen MR) is 143 cm³/mol. The van der Waals surface area contributed by atoms with Crippen LogP contribution in [0.1, 0.15) is 95.6 Å². The fourth-order valence-electron chi connectivity index (χ4n) is 9.38. The van der Waals surface area contributed by atoms with Crippen molar-refractivity contribution in [3.63, 3.8) is 0 Å². The molecule has 1 aliphatic heterocycles. The molecule has 30 heavy (non-hydrogen) atoms. The fraction of sp³-hybridized carbons (Fsp3) is 0.769. The molecule has 1 fully saturated rings. The summed E-state index contributed by atoms with van der Waals surface area (Å²) in [6, 6.07) is 11.4. The highest BCUT2D eigenvalue weighted by Gasteiger charge is 2.84. The molecule has 4 heteroatoms. The average molecular weight is 463 g/mol. The van der Waals surface area contributed by atoms with Gasteiger partial charge in [-0.1, -0.05) is 124 Å². The highest BCUT2D eigenvalue weighted by atomic mass is 29.7. The van der Waals surface area contributed by atoms with Crippen LogP contribution in [-0.2, 0) is 9.65 Å². The molecular formula is C26H50OSi3. The molecule has 1 aromatic rings. The first-order valence-electron chi connectivity index (χ1n) is 12.5. The molecule has 0 spiro atoms. The molecule has 1 heterocycles. The maximum Gasteiger partial charge on any atom is 0.184 e. The minimum absolute atomic E-state index is 0.0991. The average Bonchev–Trinajstić information content (AvgIpc) is 2.88. The molecule has 0 bridgehead atoms. The number of hydrogen-bond donors (Lipinski definition) is 0. The van der Waals surface area contributed by atoms with Crippen LogP contribution < -0.4 is 0 Å². The van der Waals surface area contributed by atoms with Gasteiger partial charge in [0.05, 0.1) is 19.9 Å². The molecule has 1 unspecified atom stereocenters. The molecule has 1 saturated heterocycles.